The number of unbranched alkanes of at least 4 members (excludes halogenated alkanes) is 2. The maximum atomic E-state index is 8.66. The fraction of sp³-hybridized carbons (Fsp3) is 0.538. The van der Waals surface area contributed by atoms with Crippen molar-refractivity contribution in [2.45, 2.75) is 32.2 Å². The van der Waals surface area contributed by atoms with Crippen molar-refractivity contribution in [2.24, 2.45) is 0 Å². The molecule has 1 atom stereocenters. The van der Waals surface area contributed by atoms with Crippen molar-refractivity contribution in [2.75, 3.05) is 13.2 Å². The van der Waals surface area contributed by atoms with Gasteiger partial charge in [0.05, 0.1) is 10.0 Å². The molecule has 0 aliphatic carbocycles. The number of aliphatic hydroxyl groups is 1. The predicted molar refractivity (Wildman–Crippen MR) is 73.8 cm³/mol. The fourth-order valence-corrected chi connectivity index (χ4v) is 1.94. The number of hydrogen-bond donors (Lipinski definition) is 2. The van der Waals surface area contributed by atoms with Crippen LogP contribution in [-0.2, 0) is 0 Å². The van der Waals surface area contributed by atoms with Crippen molar-refractivity contribution in [1.82, 2.24) is 5.32 Å². The first-order valence-corrected chi connectivity index (χ1v) is 6.70. The normalized spacial score (nSPS) is 12.7. The summed E-state index contributed by atoms with van der Waals surface area (Å²) in [5, 5.41) is 13.3. The van der Waals surface area contributed by atoms with E-state index in [1.807, 2.05) is 18.2 Å². The Morgan fingerprint density at radius 2 is 1.94 bits per heavy atom. The third-order valence-corrected chi connectivity index (χ3v) is 3.47. The highest BCUT2D eigenvalue weighted by molar-refractivity contribution is 6.42. The smallest absolute Gasteiger partial charge is 0.0595 e. The van der Waals surface area contributed by atoms with Gasteiger partial charge in [-0.15, -0.1) is 0 Å². The number of rotatable bonds is 7. The molecule has 0 bridgehead atoms. The monoisotopic (exact) mass is 275 g/mol. The maximum absolute atomic E-state index is 8.66. The number of hydrogen-bond acceptors (Lipinski definition) is 2. The molecule has 1 rings (SSSR count). The van der Waals surface area contributed by atoms with Gasteiger partial charge in [-0.25, -0.2) is 0 Å². The summed E-state index contributed by atoms with van der Waals surface area (Å²) in [5.74, 6) is 0. The van der Waals surface area contributed by atoms with Crippen LogP contribution in [0.2, 0.25) is 10.0 Å². The van der Waals surface area contributed by atoms with Crippen LogP contribution in [0.3, 0.4) is 0 Å². The Morgan fingerprint density at radius 3 is 2.59 bits per heavy atom. The summed E-state index contributed by atoms with van der Waals surface area (Å²) in [6.45, 7) is 3.33. The van der Waals surface area contributed by atoms with Gasteiger partial charge in [0.1, 0.15) is 0 Å². The quantitative estimate of drug-likeness (QED) is 0.742. The number of aliphatic hydroxyl groups excluding tert-OH is 1. The third-order valence-electron chi connectivity index (χ3n) is 2.73. The third kappa shape index (κ3) is 5.26. The Balaban J connectivity index is 2.36. The second-order valence-corrected chi connectivity index (χ2v) is 4.95. The minimum atomic E-state index is 0.263. The molecule has 0 spiro atoms. The molecular formula is C13H19Cl2NO. The van der Waals surface area contributed by atoms with E-state index in [9.17, 15) is 0 Å². The van der Waals surface area contributed by atoms with Gasteiger partial charge < -0.3 is 10.4 Å². The predicted octanol–water partition coefficient (Wildman–Crippen LogP) is 3.81. The molecule has 0 saturated carbocycles. The van der Waals surface area contributed by atoms with Gasteiger partial charge in [-0.1, -0.05) is 29.3 Å². The zero-order valence-corrected chi connectivity index (χ0v) is 11.6. The average molecular weight is 276 g/mol. The Labute approximate surface area is 113 Å². The Hall–Kier alpha value is -0.280. The van der Waals surface area contributed by atoms with E-state index >= 15 is 0 Å². The molecule has 0 aliphatic heterocycles. The van der Waals surface area contributed by atoms with Crippen molar-refractivity contribution >= 4 is 23.2 Å². The van der Waals surface area contributed by atoms with Crippen molar-refractivity contribution in [3.63, 3.8) is 0 Å². The van der Waals surface area contributed by atoms with Gasteiger partial charge in [-0.05, 0) is 50.4 Å². The van der Waals surface area contributed by atoms with Crippen LogP contribution in [0, 0.1) is 0 Å². The molecule has 96 valence electrons. The van der Waals surface area contributed by atoms with Gasteiger partial charge in [0.15, 0.2) is 0 Å². The van der Waals surface area contributed by atoms with Crippen LogP contribution in [0.5, 0.6) is 0 Å². The van der Waals surface area contributed by atoms with Crippen molar-refractivity contribution in [3.8, 4) is 0 Å². The number of benzene rings is 1. The summed E-state index contributed by atoms with van der Waals surface area (Å²) in [6, 6.07) is 5.97. The van der Waals surface area contributed by atoms with Crippen LogP contribution in [0.4, 0.5) is 0 Å². The molecule has 0 heterocycles. The molecular weight excluding hydrogens is 257 g/mol. The van der Waals surface area contributed by atoms with Crippen molar-refractivity contribution in [3.05, 3.63) is 33.8 Å². The lowest BCUT2D eigenvalue weighted by atomic mass is 10.1. The second-order valence-electron chi connectivity index (χ2n) is 4.13. The van der Waals surface area contributed by atoms with E-state index < -0.39 is 0 Å². The largest absolute Gasteiger partial charge is 0.396 e. The minimum Gasteiger partial charge on any atom is -0.396 e. The lowest BCUT2D eigenvalue weighted by Gasteiger charge is -2.14. The van der Waals surface area contributed by atoms with E-state index in [1.54, 1.807) is 0 Å². The minimum absolute atomic E-state index is 0.263. The van der Waals surface area contributed by atoms with E-state index in [-0.39, 0.29) is 12.6 Å². The molecule has 0 aromatic heterocycles. The van der Waals surface area contributed by atoms with Gasteiger partial charge in [-0.2, -0.15) is 0 Å². The molecule has 1 aromatic rings. The van der Waals surface area contributed by atoms with E-state index in [0.717, 1.165) is 31.4 Å². The fourth-order valence-electron chi connectivity index (χ4n) is 1.63. The van der Waals surface area contributed by atoms with Gasteiger partial charge in [0.25, 0.3) is 0 Å². The zero-order chi connectivity index (χ0) is 12.7. The molecule has 2 nitrogen and oxygen atoms in total. The van der Waals surface area contributed by atoms with Crippen LogP contribution in [0.25, 0.3) is 0 Å². The summed E-state index contributed by atoms with van der Waals surface area (Å²) < 4.78 is 0. The Morgan fingerprint density at radius 1 is 1.18 bits per heavy atom. The lowest BCUT2D eigenvalue weighted by molar-refractivity contribution is 0.282. The highest BCUT2D eigenvalue weighted by Gasteiger charge is 2.06. The van der Waals surface area contributed by atoms with Gasteiger partial charge in [0.2, 0.25) is 0 Å². The molecule has 2 N–H and O–H groups in total. The van der Waals surface area contributed by atoms with Gasteiger partial charge in [0, 0.05) is 12.6 Å². The van der Waals surface area contributed by atoms with Gasteiger partial charge >= 0.3 is 0 Å². The van der Waals surface area contributed by atoms with E-state index in [2.05, 4.69) is 12.2 Å². The molecule has 17 heavy (non-hydrogen) atoms. The highest BCUT2D eigenvalue weighted by atomic mass is 35.5. The number of nitrogens with one attached hydrogen (secondary N) is 1. The van der Waals surface area contributed by atoms with E-state index in [4.69, 9.17) is 28.3 Å². The lowest BCUT2D eigenvalue weighted by Crippen LogP contribution is -2.19. The van der Waals surface area contributed by atoms with Crippen LogP contribution in [0.15, 0.2) is 18.2 Å². The Kier molecular flexibility index (Phi) is 6.90. The summed E-state index contributed by atoms with van der Waals surface area (Å²) in [4.78, 5) is 0. The topological polar surface area (TPSA) is 32.3 Å². The summed E-state index contributed by atoms with van der Waals surface area (Å²) in [5.41, 5.74) is 1.14. The second kappa shape index (κ2) is 7.93. The molecule has 0 saturated heterocycles. The summed E-state index contributed by atoms with van der Waals surface area (Å²) in [7, 11) is 0. The standard InChI is InChI=1S/C13H19Cl2NO/c1-10(16-7-3-2-4-8-17)11-5-6-12(14)13(15)9-11/h5-6,9-10,16-17H,2-4,7-8H2,1H3. The molecule has 0 radical (unpaired) electrons. The van der Waals surface area contributed by atoms with Crippen LogP contribution in [0.1, 0.15) is 37.8 Å². The Bertz CT molecular complexity index is 344. The molecule has 4 heteroatoms. The first-order valence-electron chi connectivity index (χ1n) is 5.94. The van der Waals surface area contributed by atoms with Crippen LogP contribution in [-0.4, -0.2) is 18.3 Å². The molecule has 0 aliphatic rings. The summed E-state index contributed by atoms with van der Waals surface area (Å²) in [6.07, 6.45) is 3.01. The molecule has 1 aromatic carbocycles. The van der Waals surface area contributed by atoms with E-state index in [1.165, 1.54) is 0 Å². The first kappa shape index (κ1) is 14.8. The molecule has 1 unspecified atom stereocenters. The zero-order valence-electron chi connectivity index (χ0n) is 10.0. The molecule has 0 amide bonds. The van der Waals surface area contributed by atoms with Crippen LogP contribution >= 0.6 is 23.2 Å². The van der Waals surface area contributed by atoms with Crippen molar-refractivity contribution < 1.29 is 5.11 Å². The van der Waals surface area contributed by atoms with Crippen LogP contribution < -0.4 is 5.32 Å². The number of halogens is 2. The van der Waals surface area contributed by atoms with E-state index in [0.29, 0.717) is 10.0 Å². The van der Waals surface area contributed by atoms with Crippen molar-refractivity contribution in [1.29, 1.82) is 0 Å². The first-order chi connectivity index (χ1) is 8.15. The maximum Gasteiger partial charge on any atom is 0.0595 e. The molecule has 0 fully saturated rings. The summed E-state index contributed by atoms with van der Waals surface area (Å²) >= 11 is 11.8. The van der Waals surface area contributed by atoms with Gasteiger partial charge in [-0.3, -0.25) is 0 Å². The highest BCUT2D eigenvalue weighted by Crippen LogP contribution is 2.25. The average Bonchev–Trinajstić information content (AvgIpc) is 2.32. The SMILES string of the molecule is CC(NCCCCCO)c1ccc(Cl)c(Cl)c1.